The molecule has 30 heavy (non-hydrogen) atoms. The second-order valence-corrected chi connectivity index (χ2v) is 7.60. The first-order chi connectivity index (χ1) is 14.8. The maximum atomic E-state index is 4.69. The fourth-order valence-electron chi connectivity index (χ4n) is 3.77. The van der Waals surface area contributed by atoms with Crippen LogP contribution < -0.4 is 5.32 Å². The Morgan fingerprint density at radius 2 is 1.40 bits per heavy atom. The Morgan fingerprint density at radius 3 is 2.10 bits per heavy atom. The summed E-state index contributed by atoms with van der Waals surface area (Å²) in [6.45, 7) is 2.24. The molecule has 0 fully saturated rings. The van der Waals surface area contributed by atoms with E-state index in [1.54, 1.807) is 0 Å². The van der Waals surface area contributed by atoms with Crippen molar-refractivity contribution in [1.29, 1.82) is 0 Å². The van der Waals surface area contributed by atoms with Crippen molar-refractivity contribution in [2.75, 3.05) is 5.32 Å². The minimum atomic E-state index is 0.0313. The summed E-state index contributed by atoms with van der Waals surface area (Å²) in [6.07, 6.45) is 5.44. The largest absolute Gasteiger partial charge is 0.359 e. The van der Waals surface area contributed by atoms with Crippen LogP contribution in [-0.2, 0) is 6.42 Å². The molecule has 0 aliphatic heterocycles. The number of hydrogen-bond acceptors (Lipinski definition) is 2. The molecule has 0 amide bonds. The Kier molecular flexibility index (Phi) is 6.56. The van der Waals surface area contributed by atoms with Crippen molar-refractivity contribution in [2.45, 2.75) is 32.2 Å². The van der Waals surface area contributed by atoms with Gasteiger partial charge >= 0.3 is 0 Å². The summed E-state index contributed by atoms with van der Waals surface area (Å²) in [6, 6.07) is 34.2. The van der Waals surface area contributed by atoms with Gasteiger partial charge in [0.05, 0.1) is 6.04 Å². The number of aryl methyl sites for hydroxylation is 1. The number of hydrogen-bond donors (Lipinski definition) is 1. The quantitative estimate of drug-likeness (QED) is 0.340. The van der Waals surface area contributed by atoms with Crippen LogP contribution in [0.2, 0.25) is 0 Å². The van der Waals surface area contributed by atoms with E-state index in [9.17, 15) is 0 Å². The SMILES string of the molecule is CCCCc1ccc(C(Nc2ncccc2-c2ccccc2)c2ccccc2)cc1. The molecule has 4 aromatic rings. The van der Waals surface area contributed by atoms with Gasteiger partial charge in [-0.15, -0.1) is 0 Å². The number of rotatable bonds is 8. The normalized spacial score (nSPS) is 11.8. The molecule has 2 heteroatoms. The predicted molar refractivity (Wildman–Crippen MR) is 127 cm³/mol. The lowest BCUT2D eigenvalue weighted by molar-refractivity contribution is 0.794. The third kappa shape index (κ3) is 4.77. The van der Waals surface area contributed by atoms with E-state index in [4.69, 9.17) is 4.98 Å². The Balaban J connectivity index is 1.69. The van der Waals surface area contributed by atoms with Gasteiger partial charge in [-0.1, -0.05) is 98.3 Å². The summed E-state index contributed by atoms with van der Waals surface area (Å²) in [7, 11) is 0. The fourth-order valence-corrected chi connectivity index (χ4v) is 3.77. The predicted octanol–water partition coefficient (Wildman–Crippen LogP) is 7.29. The van der Waals surface area contributed by atoms with Crippen molar-refractivity contribution in [2.24, 2.45) is 0 Å². The summed E-state index contributed by atoms with van der Waals surface area (Å²) in [4.78, 5) is 4.69. The molecule has 0 saturated carbocycles. The van der Waals surface area contributed by atoms with Crippen LogP contribution in [-0.4, -0.2) is 4.98 Å². The van der Waals surface area contributed by atoms with Gasteiger partial charge < -0.3 is 5.32 Å². The first-order valence-electron chi connectivity index (χ1n) is 10.8. The summed E-state index contributed by atoms with van der Waals surface area (Å²) in [5.74, 6) is 0.896. The van der Waals surface area contributed by atoms with E-state index in [1.807, 2.05) is 18.3 Å². The van der Waals surface area contributed by atoms with Crippen LogP contribution in [0.3, 0.4) is 0 Å². The molecule has 0 bridgehead atoms. The van der Waals surface area contributed by atoms with E-state index in [1.165, 1.54) is 29.5 Å². The first-order valence-corrected chi connectivity index (χ1v) is 10.8. The second-order valence-electron chi connectivity index (χ2n) is 7.60. The summed E-state index contributed by atoms with van der Waals surface area (Å²) in [5.41, 5.74) is 6.14. The molecular formula is C28H28N2. The lowest BCUT2D eigenvalue weighted by atomic mass is 9.96. The lowest BCUT2D eigenvalue weighted by Crippen LogP contribution is -2.14. The Labute approximate surface area is 179 Å². The van der Waals surface area contributed by atoms with Gasteiger partial charge in [-0.2, -0.15) is 0 Å². The summed E-state index contributed by atoms with van der Waals surface area (Å²) in [5, 5.41) is 3.73. The van der Waals surface area contributed by atoms with Gasteiger partial charge in [0.25, 0.3) is 0 Å². The van der Waals surface area contributed by atoms with Gasteiger partial charge in [-0.05, 0) is 47.2 Å². The highest BCUT2D eigenvalue weighted by Gasteiger charge is 2.17. The van der Waals surface area contributed by atoms with Gasteiger partial charge in [0.15, 0.2) is 0 Å². The number of benzene rings is 3. The van der Waals surface area contributed by atoms with E-state index in [0.717, 1.165) is 23.4 Å². The van der Waals surface area contributed by atoms with Gasteiger partial charge in [-0.25, -0.2) is 4.98 Å². The highest BCUT2D eigenvalue weighted by atomic mass is 15.0. The number of pyridine rings is 1. The lowest BCUT2D eigenvalue weighted by Gasteiger charge is -2.22. The highest BCUT2D eigenvalue weighted by Crippen LogP contribution is 2.32. The maximum absolute atomic E-state index is 4.69. The molecule has 0 aliphatic carbocycles. The van der Waals surface area contributed by atoms with Crippen LogP contribution in [0.5, 0.6) is 0 Å². The minimum Gasteiger partial charge on any atom is -0.359 e. The molecule has 1 N–H and O–H groups in total. The number of aromatic nitrogens is 1. The van der Waals surface area contributed by atoms with Crippen molar-refractivity contribution in [3.63, 3.8) is 0 Å². The van der Waals surface area contributed by atoms with Gasteiger partial charge in [0.2, 0.25) is 0 Å². The standard InChI is InChI=1S/C28H28N2/c1-2-3-11-22-17-19-25(20-18-22)27(24-14-8-5-9-15-24)30-28-26(16-10-21-29-28)23-12-6-4-7-13-23/h4-10,12-21,27H,2-3,11H2,1H3,(H,29,30). The van der Waals surface area contributed by atoms with Crippen LogP contribution in [0.1, 0.15) is 42.5 Å². The number of unbranched alkanes of at least 4 members (excludes halogenated alkanes) is 1. The highest BCUT2D eigenvalue weighted by molar-refractivity contribution is 5.75. The number of nitrogens with zero attached hydrogens (tertiary/aromatic N) is 1. The van der Waals surface area contributed by atoms with Crippen molar-refractivity contribution < 1.29 is 0 Å². The van der Waals surface area contributed by atoms with Gasteiger partial charge in [-0.3, -0.25) is 0 Å². The van der Waals surface area contributed by atoms with Gasteiger partial charge in [0, 0.05) is 11.8 Å². The van der Waals surface area contributed by atoms with E-state index in [2.05, 4.69) is 97.2 Å². The van der Waals surface area contributed by atoms with Gasteiger partial charge in [0.1, 0.15) is 5.82 Å². The molecule has 1 unspecified atom stereocenters. The van der Waals surface area contributed by atoms with E-state index in [0.29, 0.717) is 0 Å². The zero-order chi connectivity index (χ0) is 20.6. The van der Waals surface area contributed by atoms with Crippen LogP contribution in [0.4, 0.5) is 5.82 Å². The first kappa shape index (κ1) is 19.9. The average Bonchev–Trinajstić information content (AvgIpc) is 2.83. The van der Waals surface area contributed by atoms with Crippen molar-refractivity contribution in [3.8, 4) is 11.1 Å². The van der Waals surface area contributed by atoms with Crippen molar-refractivity contribution in [1.82, 2.24) is 4.98 Å². The molecule has 4 rings (SSSR count). The topological polar surface area (TPSA) is 24.9 Å². The monoisotopic (exact) mass is 392 g/mol. The number of anilines is 1. The number of nitrogens with one attached hydrogen (secondary N) is 1. The van der Waals surface area contributed by atoms with Crippen molar-refractivity contribution in [3.05, 3.63) is 120 Å². The molecule has 0 spiro atoms. The molecule has 0 aliphatic rings. The fraction of sp³-hybridized carbons (Fsp3) is 0.179. The third-order valence-corrected chi connectivity index (χ3v) is 5.44. The maximum Gasteiger partial charge on any atom is 0.134 e. The van der Waals surface area contributed by atoms with Crippen LogP contribution in [0, 0.1) is 0 Å². The van der Waals surface area contributed by atoms with Crippen LogP contribution >= 0.6 is 0 Å². The molecule has 1 heterocycles. The van der Waals surface area contributed by atoms with Crippen LogP contribution in [0.15, 0.2) is 103 Å². The smallest absolute Gasteiger partial charge is 0.134 e. The molecule has 0 saturated heterocycles. The average molecular weight is 393 g/mol. The summed E-state index contributed by atoms with van der Waals surface area (Å²) >= 11 is 0. The van der Waals surface area contributed by atoms with E-state index >= 15 is 0 Å². The molecule has 150 valence electrons. The third-order valence-electron chi connectivity index (χ3n) is 5.44. The van der Waals surface area contributed by atoms with Crippen molar-refractivity contribution >= 4 is 5.82 Å². The molecule has 1 atom stereocenters. The molecule has 3 aromatic carbocycles. The zero-order valence-electron chi connectivity index (χ0n) is 17.5. The van der Waals surface area contributed by atoms with E-state index < -0.39 is 0 Å². The molecule has 2 nitrogen and oxygen atoms in total. The molecule has 0 radical (unpaired) electrons. The van der Waals surface area contributed by atoms with Crippen LogP contribution in [0.25, 0.3) is 11.1 Å². The molecular weight excluding hydrogens is 364 g/mol. The summed E-state index contributed by atoms with van der Waals surface area (Å²) < 4.78 is 0. The Hall–Kier alpha value is -3.39. The molecule has 1 aromatic heterocycles. The second kappa shape index (κ2) is 9.89. The Morgan fingerprint density at radius 1 is 0.733 bits per heavy atom. The minimum absolute atomic E-state index is 0.0313. The van der Waals surface area contributed by atoms with E-state index in [-0.39, 0.29) is 6.04 Å². The zero-order valence-corrected chi connectivity index (χ0v) is 17.5. The Bertz CT molecular complexity index is 1040.